The van der Waals surface area contributed by atoms with Crippen molar-refractivity contribution in [1.29, 1.82) is 0 Å². The van der Waals surface area contributed by atoms with Crippen LogP contribution >= 0.6 is 9.24 Å². The van der Waals surface area contributed by atoms with E-state index < -0.39 is 0 Å². The van der Waals surface area contributed by atoms with Gasteiger partial charge in [-0.3, -0.25) is 4.79 Å². The standard InChI is InChI=1S/C7H9P.C5H6O/c1-6-3-2-4-7(8)5-6;6-5-3-1-2-4-5/h2-5H,8H2,1H3;1-2H,3-4H2. The second kappa shape index (κ2) is 5.72. The highest BCUT2D eigenvalue weighted by atomic mass is 31.0. The molecule has 0 bridgehead atoms. The number of allylic oxidation sites excluding steroid dienone is 2. The number of hydrogen-bond acceptors (Lipinski definition) is 1. The van der Waals surface area contributed by atoms with Crippen LogP contribution in [-0.2, 0) is 4.79 Å². The predicted octanol–water partition coefficient (Wildman–Crippen LogP) is 2.40. The van der Waals surface area contributed by atoms with Crippen molar-refractivity contribution >= 4 is 20.3 Å². The maximum Gasteiger partial charge on any atom is 0.140 e. The van der Waals surface area contributed by atoms with Gasteiger partial charge in [0.15, 0.2) is 0 Å². The zero-order valence-corrected chi connectivity index (χ0v) is 9.52. The van der Waals surface area contributed by atoms with E-state index in [2.05, 4.69) is 40.4 Å². The predicted molar refractivity (Wildman–Crippen MR) is 63.9 cm³/mol. The van der Waals surface area contributed by atoms with Gasteiger partial charge < -0.3 is 0 Å². The number of ketones is 1. The minimum Gasteiger partial charge on any atom is -0.299 e. The molecule has 2 heteroatoms. The zero-order chi connectivity index (χ0) is 10.4. The number of hydrogen-bond donors (Lipinski definition) is 0. The van der Waals surface area contributed by atoms with E-state index in [0.29, 0.717) is 18.6 Å². The van der Waals surface area contributed by atoms with Crippen LogP contribution in [0.25, 0.3) is 0 Å². The molecule has 1 aliphatic carbocycles. The van der Waals surface area contributed by atoms with E-state index in [1.807, 2.05) is 12.2 Å². The Morgan fingerprint density at radius 2 is 1.86 bits per heavy atom. The van der Waals surface area contributed by atoms with Gasteiger partial charge in [-0.05, 0) is 12.2 Å². The van der Waals surface area contributed by atoms with Crippen LogP contribution in [0.4, 0.5) is 0 Å². The lowest BCUT2D eigenvalue weighted by atomic mass is 10.2. The highest BCUT2D eigenvalue weighted by Gasteiger charge is 1.99. The number of Topliss-reactive ketones (excluding diaryl/α,β-unsaturated/α-hetero) is 1. The molecule has 74 valence electrons. The van der Waals surface area contributed by atoms with Gasteiger partial charge >= 0.3 is 0 Å². The van der Waals surface area contributed by atoms with E-state index >= 15 is 0 Å². The van der Waals surface area contributed by atoms with Crippen molar-refractivity contribution in [2.75, 3.05) is 0 Å². The van der Waals surface area contributed by atoms with E-state index in [9.17, 15) is 4.79 Å². The summed E-state index contributed by atoms with van der Waals surface area (Å²) >= 11 is 0. The third-order valence-corrected chi connectivity index (χ3v) is 2.26. The molecule has 1 atom stereocenters. The molecule has 0 saturated carbocycles. The normalized spacial score (nSPS) is 13.7. The molecule has 0 aliphatic heterocycles. The van der Waals surface area contributed by atoms with Crippen LogP contribution in [-0.4, -0.2) is 5.78 Å². The van der Waals surface area contributed by atoms with Crippen LogP contribution in [0.1, 0.15) is 18.4 Å². The molecule has 1 nitrogen and oxygen atoms in total. The summed E-state index contributed by atoms with van der Waals surface area (Å²) in [6, 6.07) is 8.34. The molecular weight excluding hydrogens is 191 g/mol. The van der Waals surface area contributed by atoms with Crippen molar-refractivity contribution < 1.29 is 4.79 Å². The average molecular weight is 206 g/mol. The maximum atomic E-state index is 10.2. The molecular formula is C12H15OP. The topological polar surface area (TPSA) is 17.1 Å². The fraction of sp³-hybridized carbons (Fsp3) is 0.250. The Bertz CT molecular complexity index is 315. The van der Waals surface area contributed by atoms with Gasteiger partial charge in [0.2, 0.25) is 0 Å². The molecule has 0 aromatic heterocycles. The van der Waals surface area contributed by atoms with Gasteiger partial charge in [-0.2, -0.15) is 0 Å². The first-order valence-corrected chi connectivity index (χ1v) is 5.25. The van der Waals surface area contributed by atoms with Crippen molar-refractivity contribution in [3.8, 4) is 0 Å². The van der Waals surface area contributed by atoms with Gasteiger partial charge in [0.25, 0.3) is 0 Å². The Labute approximate surface area is 87.4 Å². The van der Waals surface area contributed by atoms with E-state index in [1.54, 1.807) is 0 Å². The average Bonchev–Trinajstić information content (AvgIpc) is 2.56. The summed E-state index contributed by atoms with van der Waals surface area (Å²) in [7, 11) is 2.66. The lowest BCUT2D eigenvalue weighted by Gasteiger charge is -1.90. The number of carbonyl (C=O) groups excluding carboxylic acids is 1. The van der Waals surface area contributed by atoms with Crippen LogP contribution in [0, 0.1) is 6.92 Å². The minimum absolute atomic E-state index is 0.343. The largest absolute Gasteiger partial charge is 0.299 e. The molecule has 1 aromatic carbocycles. The number of carbonyl (C=O) groups is 1. The first kappa shape index (κ1) is 11.1. The van der Waals surface area contributed by atoms with Gasteiger partial charge in [-0.1, -0.05) is 42.0 Å². The molecule has 0 N–H and O–H groups in total. The summed E-state index contributed by atoms with van der Waals surface area (Å²) in [6.07, 6.45) is 5.14. The molecule has 1 aliphatic rings. The molecule has 1 unspecified atom stereocenters. The summed E-state index contributed by atoms with van der Waals surface area (Å²) in [5.41, 5.74) is 1.32. The summed E-state index contributed by atoms with van der Waals surface area (Å²) in [5, 5.41) is 1.25. The lowest BCUT2D eigenvalue weighted by molar-refractivity contribution is -0.116. The molecule has 2 rings (SSSR count). The second-order valence-corrected chi connectivity index (χ2v) is 4.00. The third kappa shape index (κ3) is 4.34. The van der Waals surface area contributed by atoms with Crippen LogP contribution in [0.15, 0.2) is 36.4 Å². The van der Waals surface area contributed by atoms with Crippen molar-refractivity contribution in [3.63, 3.8) is 0 Å². The third-order valence-electron chi connectivity index (χ3n) is 1.90. The Kier molecular flexibility index (Phi) is 4.55. The Balaban J connectivity index is 0.000000146. The quantitative estimate of drug-likeness (QED) is 0.470. The van der Waals surface area contributed by atoms with Gasteiger partial charge in [0.1, 0.15) is 5.78 Å². The zero-order valence-electron chi connectivity index (χ0n) is 8.36. The second-order valence-electron chi connectivity index (χ2n) is 3.33. The van der Waals surface area contributed by atoms with Crippen LogP contribution in [0.2, 0.25) is 0 Å². The minimum atomic E-state index is 0.343. The summed E-state index contributed by atoms with van der Waals surface area (Å²) in [4.78, 5) is 10.2. The van der Waals surface area contributed by atoms with Crippen LogP contribution < -0.4 is 5.30 Å². The number of rotatable bonds is 0. The highest BCUT2D eigenvalue weighted by molar-refractivity contribution is 7.27. The van der Waals surface area contributed by atoms with Gasteiger partial charge in [0.05, 0.1) is 0 Å². The molecule has 0 saturated heterocycles. The molecule has 14 heavy (non-hydrogen) atoms. The summed E-state index contributed by atoms with van der Waals surface area (Å²) in [5.74, 6) is 0.343. The van der Waals surface area contributed by atoms with E-state index in [1.165, 1.54) is 10.9 Å². The Hall–Kier alpha value is -0.940. The Morgan fingerprint density at radius 1 is 1.21 bits per heavy atom. The van der Waals surface area contributed by atoms with Gasteiger partial charge in [-0.25, -0.2) is 0 Å². The van der Waals surface area contributed by atoms with Gasteiger partial charge in [-0.15, -0.1) is 9.24 Å². The molecule has 0 amide bonds. The number of aryl methyl sites for hydroxylation is 1. The Morgan fingerprint density at radius 3 is 2.14 bits per heavy atom. The molecule has 0 spiro atoms. The fourth-order valence-corrected chi connectivity index (χ4v) is 1.56. The number of benzene rings is 1. The van der Waals surface area contributed by atoms with Crippen LogP contribution in [0.3, 0.4) is 0 Å². The molecule has 1 aromatic rings. The van der Waals surface area contributed by atoms with Crippen molar-refractivity contribution in [2.45, 2.75) is 19.8 Å². The summed E-state index contributed by atoms with van der Waals surface area (Å²) < 4.78 is 0. The van der Waals surface area contributed by atoms with Crippen molar-refractivity contribution in [2.24, 2.45) is 0 Å². The molecule has 0 radical (unpaired) electrons. The van der Waals surface area contributed by atoms with E-state index in [0.717, 1.165) is 0 Å². The molecule has 0 fully saturated rings. The summed E-state index contributed by atoms with van der Waals surface area (Å²) in [6.45, 7) is 2.09. The fourth-order valence-electron chi connectivity index (χ4n) is 1.18. The van der Waals surface area contributed by atoms with Crippen molar-refractivity contribution in [1.82, 2.24) is 0 Å². The monoisotopic (exact) mass is 206 g/mol. The highest BCUT2D eigenvalue weighted by Crippen LogP contribution is 2.00. The first-order valence-electron chi connectivity index (χ1n) is 4.67. The van der Waals surface area contributed by atoms with E-state index in [4.69, 9.17) is 0 Å². The van der Waals surface area contributed by atoms with E-state index in [-0.39, 0.29) is 0 Å². The lowest BCUT2D eigenvalue weighted by Crippen LogP contribution is -1.87. The maximum absolute atomic E-state index is 10.2. The smallest absolute Gasteiger partial charge is 0.140 e. The molecule has 0 heterocycles. The van der Waals surface area contributed by atoms with Crippen LogP contribution in [0.5, 0.6) is 0 Å². The first-order chi connectivity index (χ1) is 6.68. The van der Waals surface area contributed by atoms with Crippen molar-refractivity contribution in [3.05, 3.63) is 42.0 Å². The SMILES string of the molecule is Cc1cccc(P)c1.O=C1CC=CC1. The van der Waals surface area contributed by atoms with Gasteiger partial charge in [0, 0.05) is 12.8 Å².